The second kappa shape index (κ2) is 8.80. The van der Waals surface area contributed by atoms with Gasteiger partial charge in [0.25, 0.3) is 0 Å². The fourth-order valence-electron chi connectivity index (χ4n) is 2.86. The molecule has 1 fully saturated rings. The van der Waals surface area contributed by atoms with E-state index in [1.807, 2.05) is 11.6 Å². The van der Waals surface area contributed by atoms with Crippen LogP contribution in [0.5, 0.6) is 0 Å². The Morgan fingerprint density at radius 3 is 2.76 bits per heavy atom. The van der Waals surface area contributed by atoms with Crippen LogP contribution in [-0.2, 0) is 23.0 Å². The van der Waals surface area contributed by atoms with E-state index >= 15 is 0 Å². The monoisotopic (exact) mass is 392 g/mol. The molecule has 1 amide bonds. The van der Waals surface area contributed by atoms with Crippen LogP contribution in [0.1, 0.15) is 18.7 Å². The molecule has 9 heteroatoms. The first-order chi connectivity index (χ1) is 11.0. The Bertz CT molecular complexity index is 732. The van der Waals surface area contributed by atoms with Crippen LogP contribution in [0.4, 0.5) is 4.39 Å². The van der Waals surface area contributed by atoms with Gasteiger partial charge in [-0.15, -0.1) is 24.8 Å². The van der Waals surface area contributed by atoms with E-state index < -0.39 is 5.54 Å². The molecule has 2 aromatic rings. The van der Waals surface area contributed by atoms with Crippen molar-refractivity contribution in [2.45, 2.75) is 24.8 Å². The van der Waals surface area contributed by atoms with Crippen molar-refractivity contribution < 1.29 is 13.9 Å². The maximum Gasteiger partial charge on any atom is 0.240 e. The fraction of sp³-hybridized carbons (Fsp3) is 0.500. The zero-order valence-corrected chi connectivity index (χ0v) is 15.6. The van der Waals surface area contributed by atoms with Crippen molar-refractivity contribution in [3.05, 3.63) is 29.8 Å². The largest absolute Gasteiger partial charge is 0.381 e. The van der Waals surface area contributed by atoms with Crippen LogP contribution in [-0.4, -0.2) is 40.8 Å². The number of aromatic nitrogens is 2. The SMILES string of the molecule is Cl.Cl.Cn1c(CCNC(=O)C2(N)CCOCC2)nc2ccc(F)cc21. The summed E-state index contributed by atoms with van der Waals surface area (Å²) >= 11 is 0. The highest BCUT2D eigenvalue weighted by molar-refractivity contribution is 5.86. The summed E-state index contributed by atoms with van der Waals surface area (Å²) in [6.45, 7) is 1.47. The molecule has 3 N–H and O–H groups in total. The molecule has 0 unspecified atom stereocenters. The number of ether oxygens (including phenoxy) is 1. The lowest BCUT2D eigenvalue weighted by Crippen LogP contribution is -2.57. The molecule has 0 saturated carbocycles. The molecular weight excluding hydrogens is 370 g/mol. The molecule has 6 nitrogen and oxygen atoms in total. The van der Waals surface area contributed by atoms with Crippen molar-refractivity contribution in [1.82, 2.24) is 14.9 Å². The number of benzene rings is 1. The number of nitrogens with two attached hydrogens (primary N) is 1. The summed E-state index contributed by atoms with van der Waals surface area (Å²) in [5.41, 5.74) is 6.78. The topological polar surface area (TPSA) is 82.2 Å². The molecule has 1 aromatic heterocycles. The number of nitrogens with one attached hydrogen (secondary N) is 1. The molecular formula is C16H23Cl2FN4O2. The van der Waals surface area contributed by atoms with E-state index in [0.29, 0.717) is 39.0 Å². The molecule has 0 atom stereocenters. The molecule has 3 rings (SSSR count). The van der Waals surface area contributed by atoms with Gasteiger partial charge in [0, 0.05) is 33.2 Å². The number of imidazole rings is 1. The maximum atomic E-state index is 13.3. The number of rotatable bonds is 4. The molecule has 1 aromatic carbocycles. The van der Waals surface area contributed by atoms with Gasteiger partial charge in [-0.05, 0) is 31.0 Å². The van der Waals surface area contributed by atoms with E-state index in [4.69, 9.17) is 10.5 Å². The average molecular weight is 393 g/mol. The molecule has 140 valence electrons. The summed E-state index contributed by atoms with van der Waals surface area (Å²) in [6.07, 6.45) is 1.62. The first kappa shape index (κ1) is 21.6. The number of aryl methyl sites for hydroxylation is 1. The van der Waals surface area contributed by atoms with Gasteiger partial charge in [0.1, 0.15) is 11.6 Å². The van der Waals surface area contributed by atoms with Crippen molar-refractivity contribution >= 4 is 41.8 Å². The van der Waals surface area contributed by atoms with Crippen LogP contribution in [0.15, 0.2) is 18.2 Å². The van der Waals surface area contributed by atoms with Gasteiger partial charge in [-0.3, -0.25) is 4.79 Å². The molecule has 0 spiro atoms. The van der Waals surface area contributed by atoms with Crippen molar-refractivity contribution in [2.24, 2.45) is 12.8 Å². The van der Waals surface area contributed by atoms with E-state index in [-0.39, 0.29) is 36.5 Å². The minimum atomic E-state index is -0.840. The number of hydrogen-bond acceptors (Lipinski definition) is 4. The first-order valence-corrected chi connectivity index (χ1v) is 7.75. The van der Waals surface area contributed by atoms with Crippen molar-refractivity contribution in [3.63, 3.8) is 0 Å². The van der Waals surface area contributed by atoms with Gasteiger partial charge < -0.3 is 20.4 Å². The predicted molar refractivity (Wildman–Crippen MR) is 98.9 cm³/mol. The summed E-state index contributed by atoms with van der Waals surface area (Å²) < 4.78 is 20.4. The lowest BCUT2D eigenvalue weighted by molar-refractivity contribution is -0.129. The Kier molecular flexibility index (Phi) is 7.62. The van der Waals surface area contributed by atoms with Gasteiger partial charge in [0.2, 0.25) is 5.91 Å². The van der Waals surface area contributed by atoms with E-state index in [9.17, 15) is 9.18 Å². The van der Waals surface area contributed by atoms with Crippen molar-refractivity contribution in [1.29, 1.82) is 0 Å². The molecule has 0 aliphatic carbocycles. The van der Waals surface area contributed by atoms with Gasteiger partial charge in [-0.2, -0.15) is 0 Å². The van der Waals surface area contributed by atoms with Crippen LogP contribution in [0.25, 0.3) is 11.0 Å². The minimum Gasteiger partial charge on any atom is -0.381 e. The zero-order valence-electron chi connectivity index (χ0n) is 14.0. The predicted octanol–water partition coefficient (Wildman–Crippen LogP) is 1.72. The van der Waals surface area contributed by atoms with Crippen molar-refractivity contribution in [3.8, 4) is 0 Å². The number of amides is 1. The highest BCUT2D eigenvalue weighted by atomic mass is 35.5. The maximum absolute atomic E-state index is 13.3. The number of fused-ring (bicyclic) bond motifs is 1. The quantitative estimate of drug-likeness (QED) is 0.829. The van der Waals surface area contributed by atoms with Crippen LogP contribution < -0.4 is 11.1 Å². The number of halogens is 3. The van der Waals surface area contributed by atoms with E-state index in [0.717, 1.165) is 16.9 Å². The van der Waals surface area contributed by atoms with E-state index in [1.54, 1.807) is 6.07 Å². The van der Waals surface area contributed by atoms with Crippen LogP contribution in [0.3, 0.4) is 0 Å². The smallest absolute Gasteiger partial charge is 0.240 e. The summed E-state index contributed by atoms with van der Waals surface area (Å²) in [7, 11) is 1.84. The Balaban J connectivity index is 0.00000156. The van der Waals surface area contributed by atoms with E-state index in [2.05, 4.69) is 10.3 Å². The Morgan fingerprint density at radius 2 is 2.08 bits per heavy atom. The van der Waals surface area contributed by atoms with Gasteiger partial charge in [0.05, 0.1) is 16.6 Å². The second-order valence-electron chi connectivity index (χ2n) is 5.99. The molecule has 1 aliphatic heterocycles. The number of carbonyl (C=O) groups excluding carboxylic acids is 1. The highest BCUT2D eigenvalue weighted by Gasteiger charge is 2.35. The number of hydrogen-bond donors (Lipinski definition) is 2. The third-order valence-electron chi connectivity index (χ3n) is 4.41. The molecule has 25 heavy (non-hydrogen) atoms. The molecule has 1 saturated heterocycles. The third-order valence-corrected chi connectivity index (χ3v) is 4.41. The van der Waals surface area contributed by atoms with Gasteiger partial charge in [-0.1, -0.05) is 0 Å². The molecule has 2 heterocycles. The second-order valence-corrected chi connectivity index (χ2v) is 5.99. The number of carbonyl (C=O) groups is 1. The standard InChI is InChI=1S/C16H21FN4O2.2ClH/c1-21-13-10-11(17)2-3-12(13)20-14(21)4-7-19-15(22)16(18)5-8-23-9-6-16;;/h2-3,10H,4-9,18H2,1H3,(H,19,22);2*1H. The van der Waals surface area contributed by atoms with Crippen molar-refractivity contribution in [2.75, 3.05) is 19.8 Å². The van der Waals surface area contributed by atoms with Gasteiger partial charge in [0.15, 0.2) is 0 Å². The summed E-state index contributed by atoms with van der Waals surface area (Å²) in [5, 5.41) is 2.88. The van der Waals surface area contributed by atoms with E-state index in [1.165, 1.54) is 12.1 Å². The zero-order chi connectivity index (χ0) is 16.4. The molecule has 1 aliphatic rings. The summed E-state index contributed by atoms with van der Waals surface area (Å²) in [4.78, 5) is 16.7. The fourth-order valence-corrected chi connectivity index (χ4v) is 2.86. The molecule has 0 bridgehead atoms. The lowest BCUT2D eigenvalue weighted by atomic mass is 9.90. The van der Waals surface area contributed by atoms with Gasteiger partial charge >= 0.3 is 0 Å². The minimum absolute atomic E-state index is 0. The third kappa shape index (κ3) is 4.61. The Morgan fingerprint density at radius 1 is 1.40 bits per heavy atom. The normalized spacial score (nSPS) is 16.0. The highest BCUT2D eigenvalue weighted by Crippen LogP contribution is 2.18. The van der Waals surface area contributed by atoms with Crippen LogP contribution in [0.2, 0.25) is 0 Å². The lowest BCUT2D eigenvalue weighted by Gasteiger charge is -2.31. The Labute approximate surface area is 158 Å². The average Bonchev–Trinajstić information content (AvgIpc) is 2.84. The Hall–Kier alpha value is -1.41. The van der Waals surface area contributed by atoms with Crippen LogP contribution in [0, 0.1) is 5.82 Å². The number of nitrogens with zero attached hydrogens (tertiary/aromatic N) is 2. The summed E-state index contributed by atoms with van der Waals surface area (Å²) in [6, 6.07) is 4.51. The van der Waals surface area contributed by atoms with Gasteiger partial charge in [-0.25, -0.2) is 9.37 Å². The molecule has 0 radical (unpaired) electrons. The summed E-state index contributed by atoms with van der Waals surface area (Å²) in [5.74, 6) is 0.361. The van der Waals surface area contributed by atoms with Crippen LogP contribution >= 0.6 is 24.8 Å². The first-order valence-electron chi connectivity index (χ1n) is 7.75.